The molecule has 0 N–H and O–H groups in total. The van der Waals surface area contributed by atoms with Crippen LogP contribution in [0.25, 0.3) is 5.69 Å². The quantitative estimate of drug-likeness (QED) is 0.655. The molecule has 0 aliphatic carbocycles. The molecule has 28 heavy (non-hydrogen) atoms. The molecule has 1 amide bonds. The van der Waals surface area contributed by atoms with Crippen molar-refractivity contribution >= 4 is 27.5 Å². The number of benzene rings is 1. The van der Waals surface area contributed by atoms with Crippen molar-refractivity contribution in [2.45, 2.75) is 49.6 Å². The molecule has 2 aromatic rings. The Bertz CT molecular complexity index is 940. The molecular formula is C18H25N5O3S2. The maximum atomic E-state index is 12.8. The zero-order chi connectivity index (χ0) is 20.5. The number of aromatic nitrogens is 4. The molecule has 1 aliphatic heterocycles. The van der Waals surface area contributed by atoms with Crippen LogP contribution >= 0.6 is 11.8 Å². The maximum absolute atomic E-state index is 12.8. The van der Waals surface area contributed by atoms with Gasteiger partial charge >= 0.3 is 0 Å². The summed E-state index contributed by atoms with van der Waals surface area (Å²) in [5, 5.41) is 11.9. The molecular weight excluding hydrogens is 398 g/mol. The van der Waals surface area contributed by atoms with Crippen molar-refractivity contribution in [1.82, 2.24) is 25.1 Å². The SMILES string of the molecule is CC(Sc1nnnn1-c1ccc(C(C)C)cc1)C(=O)N(C)C1CCS(=O)(=O)C1. The average Bonchev–Trinajstić information content (AvgIpc) is 3.26. The molecule has 1 fully saturated rings. The molecule has 8 nitrogen and oxygen atoms in total. The van der Waals surface area contributed by atoms with Crippen LogP contribution in [0.5, 0.6) is 0 Å². The molecule has 0 radical (unpaired) electrons. The minimum Gasteiger partial charge on any atom is -0.341 e. The predicted molar refractivity (Wildman–Crippen MR) is 108 cm³/mol. The Labute approximate surface area is 169 Å². The Kier molecular flexibility index (Phi) is 6.09. The maximum Gasteiger partial charge on any atom is 0.235 e. The van der Waals surface area contributed by atoms with Crippen molar-refractivity contribution in [3.8, 4) is 5.69 Å². The summed E-state index contributed by atoms with van der Waals surface area (Å²) in [7, 11) is -1.37. The average molecular weight is 424 g/mol. The lowest BCUT2D eigenvalue weighted by atomic mass is 10.0. The summed E-state index contributed by atoms with van der Waals surface area (Å²) in [6, 6.07) is 7.73. The lowest BCUT2D eigenvalue weighted by Gasteiger charge is -2.26. The smallest absolute Gasteiger partial charge is 0.235 e. The van der Waals surface area contributed by atoms with E-state index in [0.717, 1.165) is 5.69 Å². The van der Waals surface area contributed by atoms with Crippen molar-refractivity contribution < 1.29 is 13.2 Å². The first kappa shape index (κ1) is 20.8. The number of amides is 1. The largest absolute Gasteiger partial charge is 0.341 e. The molecule has 0 saturated carbocycles. The monoisotopic (exact) mass is 423 g/mol. The van der Waals surface area contributed by atoms with Gasteiger partial charge in [0.05, 0.1) is 22.4 Å². The van der Waals surface area contributed by atoms with Crippen molar-refractivity contribution in [2.75, 3.05) is 18.6 Å². The number of hydrogen-bond acceptors (Lipinski definition) is 7. The molecule has 0 spiro atoms. The molecule has 152 valence electrons. The van der Waals surface area contributed by atoms with Crippen molar-refractivity contribution in [3.63, 3.8) is 0 Å². The first-order chi connectivity index (χ1) is 13.2. The van der Waals surface area contributed by atoms with Gasteiger partial charge in [-0.25, -0.2) is 8.42 Å². The number of tetrazole rings is 1. The van der Waals surface area contributed by atoms with Crippen LogP contribution in [-0.2, 0) is 14.6 Å². The van der Waals surface area contributed by atoms with E-state index in [9.17, 15) is 13.2 Å². The second-order valence-corrected chi connectivity index (χ2v) is 10.9. The summed E-state index contributed by atoms with van der Waals surface area (Å²) >= 11 is 1.26. The topological polar surface area (TPSA) is 98.1 Å². The minimum atomic E-state index is -3.04. The van der Waals surface area contributed by atoms with E-state index in [1.165, 1.54) is 17.3 Å². The Morgan fingerprint density at radius 1 is 1.25 bits per heavy atom. The summed E-state index contributed by atoms with van der Waals surface area (Å²) in [6.07, 6.45) is 0.488. The number of carbonyl (C=O) groups excluding carboxylic acids is 1. The van der Waals surface area contributed by atoms with Gasteiger partial charge in [-0.3, -0.25) is 4.79 Å². The highest BCUT2D eigenvalue weighted by atomic mass is 32.2. The van der Waals surface area contributed by atoms with Crippen LogP contribution < -0.4 is 0 Å². The number of hydrogen-bond donors (Lipinski definition) is 0. The summed E-state index contributed by atoms with van der Waals surface area (Å²) in [5.74, 6) is 0.481. The van der Waals surface area contributed by atoms with Crippen molar-refractivity contribution in [1.29, 1.82) is 0 Å². The van der Waals surface area contributed by atoms with Gasteiger partial charge in [-0.1, -0.05) is 37.7 Å². The molecule has 10 heteroatoms. The third-order valence-corrected chi connectivity index (χ3v) is 7.75. The highest BCUT2D eigenvalue weighted by Crippen LogP contribution is 2.26. The van der Waals surface area contributed by atoms with Crippen LogP contribution in [0.2, 0.25) is 0 Å². The van der Waals surface area contributed by atoms with Crippen LogP contribution in [0.1, 0.15) is 38.7 Å². The molecule has 1 aliphatic rings. The second-order valence-electron chi connectivity index (χ2n) is 7.39. The van der Waals surface area contributed by atoms with Crippen molar-refractivity contribution in [2.24, 2.45) is 0 Å². The Balaban J connectivity index is 1.70. The van der Waals surface area contributed by atoms with E-state index in [4.69, 9.17) is 0 Å². The van der Waals surface area contributed by atoms with Crippen LogP contribution in [0, 0.1) is 0 Å². The normalized spacial score (nSPS) is 19.7. The Morgan fingerprint density at radius 2 is 1.93 bits per heavy atom. The van der Waals surface area contributed by atoms with Crippen LogP contribution in [0.4, 0.5) is 0 Å². The van der Waals surface area contributed by atoms with Crippen LogP contribution in [0.3, 0.4) is 0 Å². The summed E-state index contributed by atoms with van der Waals surface area (Å²) in [5.41, 5.74) is 2.05. The Morgan fingerprint density at radius 3 is 2.50 bits per heavy atom. The van der Waals surface area contributed by atoms with Gasteiger partial charge in [0.15, 0.2) is 9.84 Å². The lowest BCUT2D eigenvalue weighted by molar-refractivity contribution is -0.130. The minimum absolute atomic E-state index is 0.0343. The molecule has 3 rings (SSSR count). The van der Waals surface area contributed by atoms with Crippen LogP contribution in [0.15, 0.2) is 29.4 Å². The first-order valence-corrected chi connectivity index (χ1v) is 11.9. The molecule has 1 aromatic heterocycles. The van der Waals surface area contributed by atoms with E-state index in [1.807, 2.05) is 24.3 Å². The van der Waals surface area contributed by atoms with Crippen LogP contribution in [-0.4, -0.2) is 69.3 Å². The fourth-order valence-corrected chi connectivity index (χ4v) is 5.85. The van der Waals surface area contributed by atoms with Gasteiger partial charge in [0.25, 0.3) is 0 Å². The van der Waals surface area contributed by atoms with E-state index in [2.05, 4.69) is 29.4 Å². The standard InChI is InChI=1S/C18H25N5O3S2/c1-12(2)14-5-7-15(8-6-14)23-18(19-20-21-23)27-13(3)17(24)22(4)16-9-10-28(25,26)11-16/h5-8,12-13,16H,9-11H2,1-4H3. The van der Waals surface area contributed by atoms with Gasteiger partial charge in [-0.15, -0.1) is 5.10 Å². The summed E-state index contributed by atoms with van der Waals surface area (Å²) in [4.78, 5) is 14.3. The fraction of sp³-hybridized carbons (Fsp3) is 0.556. The molecule has 1 aromatic carbocycles. The molecule has 2 unspecified atom stereocenters. The summed E-state index contributed by atoms with van der Waals surface area (Å²) in [6.45, 7) is 6.05. The fourth-order valence-electron chi connectivity index (χ4n) is 3.17. The zero-order valence-corrected chi connectivity index (χ0v) is 18.1. The molecule has 2 heterocycles. The number of thioether (sulfide) groups is 1. The van der Waals surface area contributed by atoms with Gasteiger partial charge in [0.2, 0.25) is 11.1 Å². The highest BCUT2D eigenvalue weighted by molar-refractivity contribution is 8.00. The van der Waals surface area contributed by atoms with E-state index in [1.54, 1.807) is 23.6 Å². The molecule has 0 bridgehead atoms. The third kappa shape index (κ3) is 4.54. The van der Waals surface area contributed by atoms with Crippen molar-refractivity contribution in [3.05, 3.63) is 29.8 Å². The van der Waals surface area contributed by atoms with E-state index in [0.29, 0.717) is 17.5 Å². The van der Waals surface area contributed by atoms with E-state index in [-0.39, 0.29) is 23.5 Å². The number of rotatable bonds is 6. The summed E-state index contributed by atoms with van der Waals surface area (Å²) < 4.78 is 25.0. The van der Waals surface area contributed by atoms with Gasteiger partial charge in [-0.05, 0) is 47.4 Å². The third-order valence-electron chi connectivity index (χ3n) is 4.98. The molecule has 2 atom stereocenters. The van der Waals surface area contributed by atoms with Gasteiger partial charge in [0.1, 0.15) is 0 Å². The Hall–Kier alpha value is -1.94. The zero-order valence-electron chi connectivity index (χ0n) is 16.4. The number of nitrogens with zero attached hydrogens (tertiary/aromatic N) is 5. The second kappa shape index (κ2) is 8.20. The number of sulfone groups is 1. The highest BCUT2D eigenvalue weighted by Gasteiger charge is 2.34. The predicted octanol–water partition coefficient (Wildman–Crippen LogP) is 1.91. The van der Waals surface area contributed by atoms with Gasteiger partial charge in [-0.2, -0.15) is 4.68 Å². The number of carbonyl (C=O) groups is 1. The van der Waals surface area contributed by atoms with Gasteiger partial charge < -0.3 is 4.90 Å². The lowest BCUT2D eigenvalue weighted by Crippen LogP contribution is -2.41. The van der Waals surface area contributed by atoms with E-state index >= 15 is 0 Å². The van der Waals surface area contributed by atoms with Gasteiger partial charge in [0, 0.05) is 13.1 Å². The van der Waals surface area contributed by atoms with E-state index < -0.39 is 15.1 Å². The first-order valence-electron chi connectivity index (χ1n) is 9.20. The molecule has 1 saturated heterocycles.